The first-order valence-corrected chi connectivity index (χ1v) is 7.41. The van der Waals surface area contributed by atoms with Gasteiger partial charge in [0.2, 0.25) is 5.28 Å². The summed E-state index contributed by atoms with van der Waals surface area (Å²) in [5, 5.41) is 2.49. The summed E-state index contributed by atoms with van der Waals surface area (Å²) in [6.07, 6.45) is 0.337. The van der Waals surface area contributed by atoms with E-state index in [4.69, 9.17) is 11.6 Å². The fourth-order valence-corrected chi connectivity index (χ4v) is 2.54. The number of aromatic nitrogens is 2. The minimum atomic E-state index is -4.52. The molecule has 1 aromatic heterocycles. The van der Waals surface area contributed by atoms with E-state index >= 15 is 0 Å². The zero-order chi connectivity index (χ0) is 15.3. The maximum atomic E-state index is 12.6. The normalized spacial score (nSPS) is 17.5. The van der Waals surface area contributed by atoms with Gasteiger partial charge in [-0.3, -0.25) is 0 Å². The van der Waals surface area contributed by atoms with Gasteiger partial charge in [0, 0.05) is 19.2 Å². The van der Waals surface area contributed by atoms with Gasteiger partial charge >= 0.3 is 6.18 Å². The van der Waals surface area contributed by atoms with Gasteiger partial charge in [-0.2, -0.15) is 13.2 Å². The van der Waals surface area contributed by atoms with E-state index in [1.807, 2.05) is 0 Å². The summed E-state index contributed by atoms with van der Waals surface area (Å²) in [6.45, 7) is 3.40. The van der Waals surface area contributed by atoms with Gasteiger partial charge in [0.1, 0.15) is 5.82 Å². The number of hydrogen-bond donors (Lipinski definition) is 1. The van der Waals surface area contributed by atoms with E-state index < -0.39 is 17.2 Å². The molecule has 1 saturated heterocycles. The van der Waals surface area contributed by atoms with E-state index in [-0.39, 0.29) is 5.82 Å². The second kappa shape index (κ2) is 7.26. The van der Waals surface area contributed by atoms with Gasteiger partial charge in [-0.15, -0.1) is 0 Å². The summed E-state index contributed by atoms with van der Waals surface area (Å²) >= 11 is 5.53. The predicted octanol–water partition coefficient (Wildman–Crippen LogP) is 3.44. The Bertz CT molecular complexity index is 459. The lowest BCUT2D eigenvalue weighted by atomic mass is 10.2. The Morgan fingerprint density at radius 3 is 2.43 bits per heavy atom. The molecule has 0 bridgehead atoms. The highest BCUT2D eigenvalue weighted by molar-refractivity contribution is 6.28. The summed E-state index contributed by atoms with van der Waals surface area (Å²) in [7, 11) is 0. The molecule has 118 valence electrons. The molecule has 4 nitrogen and oxygen atoms in total. The molecule has 0 radical (unpaired) electrons. The maximum absolute atomic E-state index is 12.6. The quantitative estimate of drug-likeness (QED) is 0.862. The van der Waals surface area contributed by atoms with Crippen LogP contribution in [-0.4, -0.2) is 41.0 Å². The average molecular weight is 323 g/mol. The van der Waals surface area contributed by atoms with Crippen LogP contribution >= 0.6 is 11.6 Å². The topological polar surface area (TPSA) is 41.0 Å². The molecule has 0 spiro atoms. The van der Waals surface area contributed by atoms with Crippen molar-refractivity contribution in [2.24, 2.45) is 0 Å². The number of rotatable bonds is 4. The predicted molar refractivity (Wildman–Crippen MR) is 75.4 cm³/mol. The maximum Gasteiger partial charge on any atom is 0.433 e. The molecule has 1 fully saturated rings. The molecular weight excluding hydrogens is 305 g/mol. The average Bonchev–Trinajstić information content (AvgIpc) is 2.66. The Kier molecular flexibility index (Phi) is 5.64. The largest absolute Gasteiger partial charge is 0.433 e. The van der Waals surface area contributed by atoms with Gasteiger partial charge in [0.25, 0.3) is 0 Å². The molecule has 2 heterocycles. The summed E-state index contributed by atoms with van der Waals surface area (Å²) in [4.78, 5) is 9.28. The van der Waals surface area contributed by atoms with Crippen molar-refractivity contribution in [1.82, 2.24) is 14.9 Å². The summed E-state index contributed by atoms with van der Waals surface area (Å²) in [6, 6.07) is 0.883. The molecule has 21 heavy (non-hydrogen) atoms. The number of halogens is 4. The second-order valence-corrected chi connectivity index (χ2v) is 5.43. The van der Waals surface area contributed by atoms with Crippen LogP contribution in [0.5, 0.6) is 0 Å². The zero-order valence-corrected chi connectivity index (χ0v) is 12.3. The molecule has 2 rings (SSSR count). The summed E-state index contributed by atoms with van der Waals surface area (Å²) in [5.41, 5.74) is -1.03. The number of nitrogens with one attached hydrogen (secondary N) is 1. The van der Waals surface area contributed by atoms with Crippen molar-refractivity contribution in [3.8, 4) is 0 Å². The third kappa shape index (κ3) is 5.32. The Labute approximate surface area is 126 Å². The SMILES string of the molecule is FC(F)(F)c1cc(NCCN2CCCCCC2)nc(Cl)n1. The summed E-state index contributed by atoms with van der Waals surface area (Å²) in [5.74, 6) is 0.108. The van der Waals surface area contributed by atoms with Gasteiger partial charge in [0.05, 0.1) is 0 Å². The molecule has 8 heteroatoms. The fourth-order valence-electron chi connectivity index (χ4n) is 2.36. The van der Waals surface area contributed by atoms with E-state index in [0.29, 0.717) is 6.54 Å². The second-order valence-electron chi connectivity index (χ2n) is 5.09. The van der Waals surface area contributed by atoms with E-state index in [9.17, 15) is 13.2 Å². The molecule has 0 amide bonds. The summed E-state index contributed by atoms with van der Waals surface area (Å²) < 4.78 is 37.9. The van der Waals surface area contributed by atoms with Gasteiger partial charge in [-0.1, -0.05) is 12.8 Å². The van der Waals surface area contributed by atoms with Crippen molar-refractivity contribution in [2.75, 3.05) is 31.5 Å². The van der Waals surface area contributed by atoms with Crippen LogP contribution in [0, 0.1) is 0 Å². The van der Waals surface area contributed by atoms with E-state index in [1.165, 1.54) is 25.7 Å². The minimum absolute atomic E-state index is 0.108. The van der Waals surface area contributed by atoms with Gasteiger partial charge < -0.3 is 10.2 Å². The van der Waals surface area contributed by atoms with Crippen molar-refractivity contribution in [3.63, 3.8) is 0 Å². The number of alkyl halides is 3. The van der Waals surface area contributed by atoms with Crippen molar-refractivity contribution in [1.29, 1.82) is 0 Å². The lowest BCUT2D eigenvalue weighted by Crippen LogP contribution is -2.30. The van der Waals surface area contributed by atoms with Crippen LogP contribution in [0.2, 0.25) is 5.28 Å². The third-order valence-electron chi connectivity index (χ3n) is 3.42. The van der Waals surface area contributed by atoms with E-state index in [0.717, 1.165) is 25.7 Å². The molecule has 0 aromatic carbocycles. The zero-order valence-electron chi connectivity index (χ0n) is 11.6. The lowest BCUT2D eigenvalue weighted by molar-refractivity contribution is -0.141. The smallest absolute Gasteiger partial charge is 0.369 e. The van der Waals surface area contributed by atoms with Gasteiger partial charge in [-0.25, -0.2) is 9.97 Å². The van der Waals surface area contributed by atoms with Crippen LogP contribution < -0.4 is 5.32 Å². The van der Waals surface area contributed by atoms with Crippen LogP contribution in [-0.2, 0) is 6.18 Å². The first-order chi connectivity index (χ1) is 9.95. The molecule has 1 aliphatic rings. The Morgan fingerprint density at radius 2 is 1.81 bits per heavy atom. The van der Waals surface area contributed by atoms with Crippen LogP contribution in [0.3, 0.4) is 0 Å². The number of likely N-dealkylation sites (tertiary alicyclic amines) is 1. The molecule has 0 aliphatic carbocycles. The van der Waals surface area contributed by atoms with Crippen molar-refractivity contribution in [2.45, 2.75) is 31.9 Å². The third-order valence-corrected chi connectivity index (χ3v) is 3.59. The molecule has 0 saturated carbocycles. The van der Waals surface area contributed by atoms with Crippen LogP contribution in [0.4, 0.5) is 19.0 Å². The molecule has 1 aromatic rings. The Morgan fingerprint density at radius 1 is 1.14 bits per heavy atom. The highest BCUT2D eigenvalue weighted by Crippen LogP contribution is 2.29. The lowest BCUT2D eigenvalue weighted by Gasteiger charge is -2.20. The van der Waals surface area contributed by atoms with Crippen molar-refractivity contribution in [3.05, 3.63) is 17.0 Å². The molecule has 1 aliphatic heterocycles. The van der Waals surface area contributed by atoms with Gasteiger partial charge in [-0.05, 0) is 37.5 Å². The van der Waals surface area contributed by atoms with Crippen molar-refractivity contribution >= 4 is 17.4 Å². The highest BCUT2D eigenvalue weighted by atomic mass is 35.5. The monoisotopic (exact) mass is 322 g/mol. The standard InChI is InChI=1S/C13H18ClF3N4/c14-12-19-10(13(15,16)17)9-11(20-12)18-5-8-21-6-3-1-2-4-7-21/h9H,1-8H2,(H,18,19,20). The van der Waals surface area contributed by atoms with Crippen molar-refractivity contribution < 1.29 is 13.2 Å². The van der Waals surface area contributed by atoms with Gasteiger partial charge in [0.15, 0.2) is 5.69 Å². The number of hydrogen-bond acceptors (Lipinski definition) is 4. The molecule has 1 N–H and O–H groups in total. The van der Waals surface area contributed by atoms with Crippen LogP contribution in [0.1, 0.15) is 31.4 Å². The van der Waals surface area contributed by atoms with E-state index in [1.54, 1.807) is 0 Å². The highest BCUT2D eigenvalue weighted by Gasteiger charge is 2.33. The first kappa shape index (κ1) is 16.3. The van der Waals surface area contributed by atoms with E-state index in [2.05, 4.69) is 20.2 Å². The van der Waals surface area contributed by atoms with Crippen LogP contribution in [0.15, 0.2) is 6.07 Å². The molecule has 0 atom stereocenters. The molecular formula is C13H18ClF3N4. The first-order valence-electron chi connectivity index (χ1n) is 7.03. The fraction of sp³-hybridized carbons (Fsp3) is 0.692. The number of anilines is 1. The number of nitrogens with zero attached hydrogens (tertiary/aromatic N) is 3. The minimum Gasteiger partial charge on any atom is -0.369 e. The van der Waals surface area contributed by atoms with Crippen LogP contribution in [0.25, 0.3) is 0 Å². The Balaban J connectivity index is 1.89. The molecule has 0 unspecified atom stereocenters. The Hall–Kier alpha value is -1.08.